The summed E-state index contributed by atoms with van der Waals surface area (Å²) >= 11 is 1.80. The number of nitrogens with one attached hydrogen (secondary N) is 1. The highest BCUT2D eigenvalue weighted by Crippen LogP contribution is 2.29. The second-order valence-electron chi connectivity index (χ2n) is 6.59. The molecule has 0 aliphatic carbocycles. The summed E-state index contributed by atoms with van der Waals surface area (Å²) in [6.45, 7) is 6.36. The van der Waals surface area contributed by atoms with Gasteiger partial charge in [-0.2, -0.15) is 0 Å². The maximum atomic E-state index is 11.7. The molecular formula is C16H27NO2S2. The van der Waals surface area contributed by atoms with Crippen LogP contribution in [0.25, 0.3) is 0 Å². The lowest BCUT2D eigenvalue weighted by atomic mass is 9.87. The summed E-state index contributed by atoms with van der Waals surface area (Å²) in [6.07, 6.45) is 3.01. The predicted octanol–water partition coefficient (Wildman–Crippen LogP) is 2.98. The largest absolute Gasteiger partial charge is 0.316 e. The monoisotopic (exact) mass is 329 g/mol. The molecule has 0 spiro atoms. The first kappa shape index (κ1) is 17.0. The summed E-state index contributed by atoms with van der Waals surface area (Å²) in [4.78, 5) is 1.41. The highest BCUT2D eigenvalue weighted by molar-refractivity contribution is 7.91. The van der Waals surface area contributed by atoms with Crippen molar-refractivity contribution in [3.8, 4) is 0 Å². The van der Waals surface area contributed by atoms with Gasteiger partial charge in [0.15, 0.2) is 9.84 Å². The van der Waals surface area contributed by atoms with E-state index in [9.17, 15) is 8.42 Å². The van der Waals surface area contributed by atoms with E-state index in [0.717, 1.165) is 32.4 Å². The quantitative estimate of drug-likeness (QED) is 0.797. The molecule has 0 bridgehead atoms. The first-order chi connectivity index (χ1) is 9.96. The normalized spacial score (nSPS) is 22.7. The van der Waals surface area contributed by atoms with Gasteiger partial charge in [-0.05, 0) is 61.6 Å². The van der Waals surface area contributed by atoms with Gasteiger partial charge in [-0.25, -0.2) is 8.42 Å². The maximum Gasteiger partial charge on any atom is 0.150 e. The topological polar surface area (TPSA) is 46.2 Å². The number of thiophene rings is 1. The van der Waals surface area contributed by atoms with Crippen LogP contribution in [0, 0.1) is 17.8 Å². The lowest BCUT2D eigenvalue weighted by Gasteiger charge is -2.23. The third-order valence-corrected chi connectivity index (χ3v) is 6.96. The minimum atomic E-state index is -2.78. The van der Waals surface area contributed by atoms with Gasteiger partial charge in [0.1, 0.15) is 0 Å². The molecule has 1 aromatic heterocycles. The molecule has 2 unspecified atom stereocenters. The van der Waals surface area contributed by atoms with E-state index in [1.165, 1.54) is 4.88 Å². The molecule has 1 aliphatic rings. The van der Waals surface area contributed by atoms with Crippen molar-refractivity contribution in [3.63, 3.8) is 0 Å². The maximum absolute atomic E-state index is 11.7. The summed E-state index contributed by atoms with van der Waals surface area (Å²) in [5.41, 5.74) is 0. The Morgan fingerprint density at radius 1 is 1.38 bits per heavy atom. The molecule has 1 aromatic rings. The Kier molecular flexibility index (Phi) is 6.26. The van der Waals surface area contributed by atoms with Gasteiger partial charge in [0, 0.05) is 4.88 Å². The van der Waals surface area contributed by atoms with Crippen LogP contribution in [0.2, 0.25) is 0 Å². The summed E-state index contributed by atoms with van der Waals surface area (Å²) in [5, 5.41) is 5.64. The Morgan fingerprint density at radius 2 is 2.19 bits per heavy atom. The van der Waals surface area contributed by atoms with E-state index in [4.69, 9.17) is 0 Å². The Morgan fingerprint density at radius 3 is 2.76 bits per heavy atom. The Bertz CT molecular complexity index is 508. The van der Waals surface area contributed by atoms with Gasteiger partial charge in [-0.1, -0.05) is 19.9 Å². The molecule has 1 aliphatic heterocycles. The Balaban J connectivity index is 1.89. The molecule has 120 valence electrons. The van der Waals surface area contributed by atoms with Crippen LogP contribution in [-0.2, 0) is 16.3 Å². The SMILES string of the molecule is CC(C)CNCC(CCc1cccs1)C1CCS(=O)(=O)C1. The first-order valence-electron chi connectivity index (χ1n) is 7.90. The van der Waals surface area contributed by atoms with E-state index in [-0.39, 0.29) is 0 Å². The number of hydrogen-bond donors (Lipinski definition) is 1. The number of rotatable bonds is 8. The highest BCUT2D eigenvalue weighted by Gasteiger charge is 2.33. The number of sulfone groups is 1. The second kappa shape index (κ2) is 7.75. The van der Waals surface area contributed by atoms with Gasteiger partial charge in [0.2, 0.25) is 0 Å². The fraction of sp³-hybridized carbons (Fsp3) is 0.750. The molecule has 2 rings (SSSR count). The van der Waals surface area contributed by atoms with E-state index in [1.807, 2.05) is 0 Å². The lowest BCUT2D eigenvalue weighted by Crippen LogP contribution is -2.31. The van der Waals surface area contributed by atoms with Gasteiger partial charge in [0.05, 0.1) is 11.5 Å². The third kappa shape index (κ3) is 5.72. The molecule has 3 nitrogen and oxygen atoms in total. The van der Waals surface area contributed by atoms with E-state index in [1.54, 1.807) is 11.3 Å². The second-order valence-corrected chi connectivity index (χ2v) is 9.85. The van der Waals surface area contributed by atoms with Crippen molar-refractivity contribution in [3.05, 3.63) is 22.4 Å². The van der Waals surface area contributed by atoms with Crippen molar-refractivity contribution in [2.75, 3.05) is 24.6 Å². The summed E-state index contributed by atoms with van der Waals surface area (Å²) in [5.74, 6) is 2.23. The van der Waals surface area contributed by atoms with Crippen LogP contribution in [0.1, 0.15) is 31.6 Å². The molecule has 0 amide bonds. The minimum absolute atomic E-state index is 0.342. The van der Waals surface area contributed by atoms with Crippen molar-refractivity contribution in [2.45, 2.75) is 33.1 Å². The van der Waals surface area contributed by atoms with Crippen LogP contribution in [0.4, 0.5) is 0 Å². The van der Waals surface area contributed by atoms with E-state index < -0.39 is 9.84 Å². The average Bonchev–Trinajstić information content (AvgIpc) is 3.02. The van der Waals surface area contributed by atoms with Crippen molar-refractivity contribution in [1.29, 1.82) is 0 Å². The number of hydrogen-bond acceptors (Lipinski definition) is 4. The van der Waals surface area contributed by atoms with Crippen LogP contribution in [0.3, 0.4) is 0 Å². The zero-order valence-corrected chi connectivity index (χ0v) is 14.7. The Hall–Kier alpha value is -0.390. The summed E-state index contributed by atoms with van der Waals surface area (Å²) < 4.78 is 23.5. The van der Waals surface area contributed by atoms with Gasteiger partial charge in [0.25, 0.3) is 0 Å². The van der Waals surface area contributed by atoms with E-state index in [0.29, 0.717) is 29.3 Å². The van der Waals surface area contributed by atoms with Crippen LogP contribution in [-0.4, -0.2) is 33.0 Å². The predicted molar refractivity (Wildman–Crippen MR) is 90.6 cm³/mol. The molecule has 1 N–H and O–H groups in total. The molecule has 2 atom stereocenters. The van der Waals surface area contributed by atoms with Crippen molar-refractivity contribution >= 4 is 21.2 Å². The average molecular weight is 330 g/mol. The van der Waals surface area contributed by atoms with Crippen molar-refractivity contribution < 1.29 is 8.42 Å². The molecule has 0 saturated carbocycles. The number of aryl methyl sites for hydroxylation is 1. The van der Waals surface area contributed by atoms with Crippen molar-refractivity contribution in [1.82, 2.24) is 5.32 Å². The van der Waals surface area contributed by atoms with Crippen LogP contribution in [0.5, 0.6) is 0 Å². The first-order valence-corrected chi connectivity index (χ1v) is 10.6. The smallest absolute Gasteiger partial charge is 0.150 e. The van der Waals surface area contributed by atoms with Gasteiger partial charge >= 0.3 is 0 Å². The fourth-order valence-electron chi connectivity index (χ4n) is 3.04. The molecule has 0 radical (unpaired) electrons. The molecular weight excluding hydrogens is 302 g/mol. The van der Waals surface area contributed by atoms with Crippen LogP contribution in [0.15, 0.2) is 17.5 Å². The molecule has 0 aromatic carbocycles. The van der Waals surface area contributed by atoms with Gasteiger partial charge in [-0.15, -0.1) is 11.3 Å². The van der Waals surface area contributed by atoms with Gasteiger partial charge < -0.3 is 5.32 Å². The molecule has 1 fully saturated rings. The standard InChI is InChI=1S/C16H27NO2S2/c1-13(2)10-17-11-14(5-6-16-4-3-8-20-16)15-7-9-21(18,19)12-15/h3-4,8,13-15,17H,5-7,9-12H2,1-2H3. The van der Waals surface area contributed by atoms with E-state index >= 15 is 0 Å². The lowest BCUT2D eigenvalue weighted by molar-refractivity contribution is 0.320. The zero-order valence-electron chi connectivity index (χ0n) is 13.0. The fourth-order valence-corrected chi connectivity index (χ4v) is 5.68. The van der Waals surface area contributed by atoms with Gasteiger partial charge in [-0.3, -0.25) is 0 Å². The molecule has 2 heterocycles. The molecule has 1 saturated heterocycles. The summed E-state index contributed by atoms with van der Waals surface area (Å²) in [6, 6.07) is 4.26. The van der Waals surface area contributed by atoms with Crippen LogP contribution >= 0.6 is 11.3 Å². The Labute approximate surface area is 133 Å². The molecule has 5 heteroatoms. The van der Waals surface area contributed by atoms with Crippen LogP contribution < -0.4 is 5.32 Å². The zero-order chi connectivity index (χ0) is 15.3. The summed E-state index contributed by atoms with van der Waals surface area (Å²) in [7, 11) is -2.78. The van der Waals surface area contributed by atoms with Crippen molar-refractivity contribution in [2.24, 2.45) is 17.8 Å². The highest BCUT2D eigenvalue weighted by atomic mass is 32.2. The van der Waals surface area contributed by atoms with E-state index in [2.05, 4.69) is 36.7 Å². The minimum Gasteiger partial charge on any atom is -0.316 e. The third-order valence-electron chi connectivity index (χ3n) is 4.24. The molecule has 21 heavy (non-hydrogen) atoms.